The van der Waals surface area contributed by atoms with Crippen molar-refractivity contribution in [1.82, 2.24) is 9.21 Å². The minimum atomic E-state index is -3.13. The normalized spacial score (nSPS) is 12.9. The molecule has 0 aromatic rings. The topological polar surface area (TPSA) is 66.6 Å². The molecule has 0 radical (unpaired) electrons. The molecule has 0 amide bonds. The third-order valence-corrected chi connectivity index (χ3v) is 4.54. The lowest BCUT2D eigenvalue weighted by Gasteiger charge is -2.25. The number of sulfonamides is 1. The average molecular weight is 279 g/mol. The predicted molar refractivity (Wildman–Crippen MR) is 77.0 cm³/mol. The zero-order valence-corrected chi connectivity index (χ0v) is 13.0. The van der Waals surface area contributed by atoms with Gasteiger partial charge in [-0.15, -0.1) is 0 Å². The third kappa shape index (κ3) is 8.02. The third-order valence-electron chi connectivity index (χ3n) is 2.62. The van der Waals surface area contributed by atoms with Crippen molar-refractivity contribution in [3.63, 3.8) is 0 Å². The zero-order chi connectivity index (χ0) is 14.2. The molecule has 0 saturated heterocycles. The van der Waals surface area contributed by atoms with Gasteiger partial charge in [0.2, 0.25) is 10.0 Å². The summed E-state index contributed by atoms with van der Waals surface area (Å²) in [6.45, 7) is 6.55. The largest absolute Gasteiger partial charge is 0.330 e. The molecule has 0 atom stereocenters. The SMILES string of the molecule is CC(C)CN(CCN(C)C)S(=O)(=O)CCCCN. The number of likely N-dealkylation sites (N-methyl/N-ethyl adjacent to an activating group) is 1. The van der Waals surface area contributed by atoms with E-state index in [-0.39, 0.29) is 5.75 Å². The highest BCUT2D eigenvalue weighted by atomic mass is 32.2. The summed E-state index contributed by atoms with van der Waals surface area (Å²) >= 11 is 0. The predicted octanol–water partition coefficient (Wildman–Crippen LogP) is 0.575. The van der Waals surface area contributed by atoms with Crippen molar-refractivity contribution in [3.8, 4) is 0 Å². The van der Waals surface area contributed by atoms with Crippen molar-refractivity contribution < 1.29 is 8.42 Å². The molecule has 110 valence electrons. The zero-order valence-electron chi connectivity index (χ0n) is 12.2. The van der Waals surface area contributed by atoms with Gasteiger partial charge in [-0.25, -0.2) is 12.7 Å². The van der Waals surface area contributed by atoms with Crippen LogP contribution in [0.4, 0.5) is 0 Å². The first-order valence-corrected chi connectivity index (χ1v) is 8.23. The van der Waals surface area contributed by atoms with E-state index in [1.165, 1.54) is 0 Å². The van der Waals surface area contributed by atoms with E-state index in [2.05, 4.69) is 0 Å². The molecule has 0 bridgehead atoms. The Balaban J connectivity index is 4.50. The highest BCUT2D eigenvalue weighted by molar-refractivity contribution is 7.89. The summed E-state index contributed by atoms with van der Waals surface area (Å²) in [4.78, 5) is 2.00. The smallest absolute Gasteiger partial charge is 0.214 e. The molecule has 0 aliphatic heterocycles. The van der Waals surface area contributed by atoms with Gasteiger partial charge in [0.25, 0.3) is 0 Å². The maximum Gasteiger partial charge on any atom is 0.214 e. The number of rotatable bonds is 10. The fourth-order valence-corrected chi connectivity index (χ4v) is 3.33. The summed E-state index contributed by atoms with van der Waals surface area (Å²) in [5, 5.41) is 0. The second kappa shape index (κ2) is 8.85. The molecular formula is C12H29N3O2S. The Morgan fingerprint density at radius 3 is 2.17 bits per heavy atom. The van der Waals surface area contributed by atoms with Gasteiger partial charge in [0.05, 0.1) is 5.75 Å². The van der Waals surface area contributed by atoms with Crippen LogP contribution in [0.1, 0.15) is 26.7 Å². The van der Waals surface area contributed by atoms with Crippen molar-refractivity contribution in [1.29, 1.82) is 0 Å². The van der Waals surface area contributed by atoms with Crippen molar-refractivity contribution in [3.05, 3.63) is 0 Å². The Bertz CT molecular complexity index is 302. The van der Waals surface area contributed by atoms with Crippen LogP contribution in [0.5, 0.6) is 0 Å². The summed E-state index contributed by atoms with van der Waals surface area (Å²) < 4.78 is 26.1. The van der Waals surface area contributed by atoms with Gasteiger partial charge in [0, 0.05) is 19.6 Å². The lowest BCUT2D eigenvalue weighted by atomic mass is 10.2. The maximum absolute atomic E-state index is 12.2. The van der Waals surface area contributed by atoms with Crippen LogP contribution in [0.2, 0.25) is 0 Å². The van der Waals surface area contributed by atoms with Crippen molar-refractivity contribution in [2.24, 2.45) is 11.7 Å². The first kappa shape index (κ1) is 17.8. The van der Waals surface area contributed by atoms with Crippen molar-refractivity contribution in [2.75, 3.05) is 46.0 Å². The van der Waals surface area contributed by atoms with E-state index in [1.54, 1.807) is 4.31 Å². The molecule has 18 heavy (non-hydrogen) atoms. The van der Waals surface area contributed by atoms with Gasteiger partial charge in [-0.2, -0.15) is 0 Å². The van der Waals surface area contributed by atoms with Crippen LogP contribution in [0.15, 0.2) is 0 Å². The van der Waals surface area contributed by atoms with Gasteiger partial charge >= 0.3 is 0 Å². The number of hydrogen-bond donors (Lipinski definition) is 1. The highest BCUT2D eigenvalue weighted by Crippen LogP contribution is 2.08. The van der Waals surface area contributed by atoms with Gasteiger partial charge in [-0.05, 0) is 39.4 Å². The van der Waals surface area contributed by atoms with Crippen LogP contribution in [0.25, 0.3) is 0 Å². The molecule has 0 spiro atoms. The fourth-order valence-electron chi connectivity index (χ4n) is 1.62. The van der Waals surface area contributed by atoms with Crippen molar-refractivity contribution >= 4 is 10.0 Å². The van der Waals surface area contributed by atoms with Gasteiger partial charge in [-0.1, -0.05) is 13.8 Å². The molecule has 0 aliphatic rings. The number of nitrogens with two attached hydrogens (primary N) is 1. The van der Waals surface area contributed by atoms with E-state index >= 15 is 0 Å². The second-order valence-corrected chi connectivity index (χ2v) is 7.46. The summed E-state index contributed by atoms with van der Waals surface area (Å²) in [6.07, 6.45) is 1.41. The van der Waals surface area contributed by atoms with E-state index in [4.69, 9.17) is 5.73 Å². The van der Waals surface area contributed by atoms with Crippen LogP contribution in [-0.2, 0) is 10.0 Å². The standard InChI is InChI=1S/C12H29N3O2S/c1-12(2)11-15(9-8-14(3)4)18(16,17)10-6-5-7-13/h12H,5-11,13H2,1-4H3. The summed E-state index contributed by atoms with van der Waals surface area (Å²) in [5.74, 6) is 0.557. The van der Waals surface area contributed by atoms with Crippen LogP contribution in [-0.4, -0.2) is 63.7 Å². The lowest BCUT2D eigenvalue weighted by molar-refractivity contribution is 0.312. The molecule has 0 aromatic heterocycles. The molecule has 2 N–H and O–H groups in total. The Morgan fingerprint density at radius 1 is 1.11 bits per heavy atom. The Kier molecular flexibility index (Phi) is 8.77. The van der Waals surface area contributed by atoms with Crippen LogP contribution in [0.3, 0.4) is 0 Å². The minimum Gasteiger partial charge on any atom is -0.330 e. The molecule has 0 heterocycles. The van der Waals surface area contributed by atoms with E-state index < -0.39 is 10.0 Å². The fraction of sp³-hybridized carbons (Fsp3) is 1.00. The number of nitrogens with zero attached hydrogens (tertiary/aromatic N) is 2. The van der Waals surface area contributed by atoms with Crippen LogP contribution in [0, 0.1) is 5.92 Å². The van der Waals surface area contributed by atoms with E-state index in [1.807, 2.05) is 32.8 Å². The quantitative estimate of drug-likeness (QED) is 0.594. The Morgan fingerprint density at radius 2 is 1.72 bits per heavy atom. The van der Waals surface area contributed by atoms with Gasteiger partial charge in [-0.3, -0.25) is 0 Å². The van der Waals surface area contributed by atoms with Crippen LogP contribution < -0.4 is 5.73 Å². The Hall–Kier alpha value is -0.170. The maximum atomic E-state index is 12.2. The average Bonchev–Trinajstić information content (AvgIpc) is 2.23. The van der Waals surface area contributed by atoms with E-state index in [0.717, 1.165) is 13.0 Å². The Labute approximate surface area is 112 Å². The molecule has 0 saturated carbocycles. The molecule has 0 rings (SSSR count). The number of unbranched alkanes of at least 4 members (excludes halogenated alkanes) is 1. The van der Waals surface area contributed by atoms with Gasteiger partial charge in [0.1, 0.15) is 0 Å². The first-order chi connectivity index (χ1) is 8.29. The lowest BCUT2D eigenvalue weighted by Crippen LogP contribution is -2.40. The van der Waals surface area contributed by atoms with Crippen LogP contribution >= 0.6 is 0 Å². The minimum absolute atomic E-state index is 0.213. The molecular weight excluding hydrogens is 250 g/mol. The molecule has 6 heteroatoms. The second-order valence-electron chi connectivity index (χ2n) is 5.37. The summed E-state index contributed by atoms with van der Waals surface area (Å²) in [5.41, 5.74) is 5.40. The summed E-state index contributed by atoms with van der Waals surface area (Å²) in [7, 11) is 0.772. The monoisotopic (exact) mass is 279 g/mol. The number of hydrogen-bond acceptors (Lipinski definition) is 4. The van der Waals surface area contributed by atoms with E-state index in [9.17, 15) is 8.42 Å². The summed E-state index contributed by atoms with van der Waals surface area (Å²) in [6, 6.07) is 0. The van der Waals surface area contributed by atoms with E-state index in [0.29, 0.717) is 32.0 Å². The molecule has 5 nitrogen and oxygen atoms in total. The molecule has 0 unspecified atom stereocenters. The first-order valence-electron chi connectivity index (χ1n) is 6.62. The molecule has 0 fully saturated rings. The highest BCUT2D eigenvalue weighted by Gasteiger charge is 2.22. The van der Waals surface area contributed by atoms with Gasteiger partial charge < -0.3 is 10.6 Å². The molecule has 0 aromatic carbocycles. The van der Waals surface area contributed by atoms with Gasteiger partial charge in [0.15, 0.2) is 0 Å². The molecule has 0 aliphatic carbocycles. The van der Waals surface area contributed by atoms with Crippen molar-refractivity contribution in [2.45, 2.75) is 26.7 Å².